The summed E-state index contributed by atoms with van der Waals surface area (Å²) < 4.78 is 0. The summed E-state index contributed by atoms with van der Waals surface area (Å²) in [4.78, 5) is 30.3. The Hall–Kier alpha value is -0.982. The number of aliphatic carboxylic acids is 3. The molecule has 8 nitrogen and oxygen atoms in total. The molecule has 21 heavy (non-hydrogen) atoms. The quantitative estimate of drug-likeness (QED) is 0.543. The maximum Gasteiger partial charge on any atom is 2.00 e. The van der Waals surface area contributed by atoms with E-state index in [-0.39, 0.29) is 33.1 Å². The summed E-state index contributed by atoms with van der Waals surface area (Å²) >= 11 is 0. The second-order valence-electron chi connectivity index (χ2n) is 4.73. The van der Waals surface area contributed by atoms with Gasteiger partial charge in [-0.15, -0.1) is 0 Å². The van der Waals surface area contributed by atoms with Crippen LogP contribution in [0.3, 0.4) is 0 Å². The van der Waals surface area contributed by atoms with Crippen molar-refractivity contribution in [2.45, 2.75) is 50.6 Å². The fourth-order valence-corrected chi connectivity index (χ4v) is 1.80. The predicted molar refractivity (Wildman–Crippen MR) is 70.3 cm³/mol. The molecule has 9 heteroatoms. The number of hydrogen-bond donors (Lipinski definition) is 3. The molecule has 1 fully saturated rings. The average Bonchev–Trinajstić information content (AvgIpc) is 2.32. The first kappa shape index (κ1) is 22.3. The molecule has 0 bridgehead atoms. The van der Waals surface area contributed by atoms with Crippen molar-refractivity contribution in [3.63, 3.8) is 0 Å². The minimum absolute atomic E-state index is 0. The van der Waals surface area contributed by atoms with Crippen LogP contribution in [0.5, 0.6) is 0 Å². The molecule has 1 saturated carbocycles. The van der Waals surface area contributed by atoms with E-state index in [0.717, 1.165) is 12.8 Å². The van der Waals surface area contributed by atoms with Gasteiger partial charge in [-0.05, 0) is 0 Å². The fourth-order valence-electron chi connectivity index (χ4n) is 1.80. The summed E-state index contributed by atoms with van der Waals surface area (Å²) in [6.45, 7) is 0. The Kier molecular flexibility index (Phi) is 12.4. The van der Waals surface area contributed by atoms with E-state index < -0.39 is 36.7 Å². The predicted octanol–water partition coefficient (Wildman–Crippen LogP) is 2.04. The first-order valence-electron chi connectivity index (χ1n) is 6.32. The number of rotatable bonds is 5. The normalized spacial score (nSPS) is 20.7. The molecule has 0 heterocycles. The third kappa shape index (κ3) is 11.4. The van der Waals surface area contributed by atoms with Gasteiger partial charge in [0.15, 0.2) is 0 Å². The Balaban J connectivity index is 0. The fraction of sp³-hybridized carbons (Fsp3) is 0.750. The van der Waals surface area contributed by atoms with Gasteiger partial charge in [-0.2, -0.15) is 12.1 Å². The second-order valence-corrected chi connectivity index (χ2v) is 4.73. The third-order valence-corrected chi connectivity index (χ3v) is 2.96. The number of carboxylic acids is 3. The molecule has 1 rings (SSSR count). The van der Waals surface area contributed by atoms with Crippen molar-refractivity contribution in [2.75, 3.05) is 0 Å². The zero-order valence-corrected chi connectivity index (χ0v) is 13.6. The maximum atomic E-state index is 10.2. The molecular weight excluding hydrogens is 463 g/mol. The molecule has 124 valence electrons. The Morgan fingerprint density at radius 3 is 1.43 bits per heavy atom. The molecule has 0 aliphatic heterocycles. The summed E-state index contributed by atoms with van der Waals surface area (Å²) in [5, 5.41) is 24.7. The summed E-state index contributed by atoms with van der Waals surface area (Å²) in [6.07, 6.45) is 2.92. The topological polar surface area (TPSA) is 160 Å². The minimum Gasteiger partial charge on any atom is -0.676 e. The van der Waals surface area contributed by atoms with Crippen LogP contribution >= 0.6 is 0 Å². The van der Waals surface area contributed by atoms with Crippen molar-refractivity contribution in [3.05, 3.63) is 11.5 Å². The maximum absolute atomic E-state index is 10.2. The summed E-state index contributed by atoms with van der Waals surface area (Å²) in [7, 11) is 0. The smallest absolute Gasteiger partial charge is 0.676 e. The SMILES string of the molecule is O=C(O)CC(CC(=O)O)C(=O)O.[NH-]C1CCCCC1[NH-].[Pt+2]. The largest absolute Gasteiger partial charge is 2.00 e. The van der Waals surface area contributed by atoms with Crippen molar-refractivity contribution in [1.29, 1.82) is 0 Å². The first-order valence-corrected chi connectivity index (χ1v) is 6.32. The van der Waals surface area contributed by atoms with Gasteiger partial charge in [0.25, 0.3) is 0 Å². The number of carbonyl (C=O) groups is 3. The van der Waals surface area contributed by atoms with E-state index in [1.54, 1.807) is 0 Å². The number of carboxylic acid groups (broad SMARTS) is 3. The Morgan fingerprint density at radius 2 is 1.24 bits per heavy atom. The van der Waals surface area contributed by atoms with Gasteiger partial charge in [0.05, 0.1) is 18.8 Å². The minimum atomic E-state index is -1.40. The third-order valence-electron chi connectivity index (χ3n) is 2.96. The van der Waals surface area contributed by atoms with Crippen LogP contribution in [0.1, 0.15) is 38.5 Å². The van der Waals surface area contributed by atoms with E-state index in [0.29, 0.717) is 0 Å². The van der Waals surface area contributed by atoms with Crippen molar-refractivity contribution in [3.8, 4) is 0 Å². The Morgan fingerprint density at radius 1 is 0.905 bits per heavy atom. The van der Waals surface area contributed by atoms with Crippen LogP contribution in [-0.4, -0.2) is 45.3 Å². The molecule has 0 spiro atoms. The standard InChI is InChI=1S/C6H12N2.C6H8O6.Pt/c7-5-3-1-2-4-6(5)8;7-4(8)1-3(6(11)12)2-5(9)10;/h5-8H,1-4H2;3H,1-2H2,(H,7,8)(H,9,10)(H,11,12);/q-2;;+2. The Labute approximate surface area is 137 Å². The molecule has 5 N–H and O–H groups in total. The van der Waals surface area contributed by atoms with Gasteiger partial charge in [-0.25, -0.2) is 0 Å². The molecule has 0 radical (unpaired) electrons. The molecular formula is C12H20N2O6Pt. The van der Waals surface area contributed by atoms with Gasteiger partial charge in [-0.3, -0.25) is 14.4 Å². The van der Waals surface area contributed by atoms with E-state index in [2.05, 4.69) is 0 Å². The van der Waals surface area contributed by atoms with Crippen molar-refractivity contribution < 1.29 is 50.8 Å². The van der Waals surface area contributed by atoms with Crippen LogP contribution in [0.15, 0.2) is 0 Å². The van der Waals surface area contributed by atoms with Crippen LogP contribution in [0.4, 0.5) is 0 Å². The number of nitrogens with one attached hydrogen (secondary N) is 2. The van der Waals surface area contributed by atoms with E-state index >= 15 is 0 Å². The molecule has 0 aromatic heterocycles. The monoisotopic (exact) mass is 483 g/mol. The summed E-state index contributed by atoms with van der Waals surface area (Å²) in [5.74, 6) is -5.38. The van der Waals surface area contributed by atoms with Gasteiger partial charge in [0.2, 0.25) is 0 Å². The van der Waals surface area contributed by atoms with Gasteiger partial charge in [0.1, 0.15) is 0 Å². The van der Waals surface area contributed by atoms with Crippen molar-refractivity contribution in [1.82, 2.24) is 0 Å². The average molecular weight is 483 g/mol. The summed E-state index contributed by atoms with van der Waals surface area (Å²) in [6, 6.07) is -0.160. The molecule has 0 aromatic carbocycles. The first-order chi connectivity index (χ1) is 9.23. The summed E-state index contributed by atoms with van der Waals surface area (Å²) in [5.41, 5.74) is 14.6. The van der Waals surface area contributed by atoms with Crippen LogP contribution in [-0.2, 0) is 35.4 Å². The van der Waals surface area contributed by atoms with E-state index in [9.17, 15) is 14.4 Å². The molecule has 2 atom stereocenters. The van der Waals surface area contributed by atoms with Gasteiger partial charge in [0, 0.05) is 0 Å². The van der Waals surface area contributed by atoms with Crippen LogP contribution in [0.25, 0.3) is 11.5 Å². The van der Waals surface area contributed by atoms with E-state index in [1.165, 1.54) is 12.8 Å². The zero-order valence-electron chi connectivity index (χ0n) is 11.4. The molecule has 0 amide bonds. The second kappa shape index (κ2) is 11.7. The van der Waals surface area contributed by atoms with Crippen molar-refractivity contribution >= 4 is 17.9 Å². The van der Waals surface area contributed by atoms with E-state index in [1.807, 2.05) is 0 Å². The van der Waals surface area contributed by atoms with Gasteiger partial charge >= 0.3 is 39.0 Å². The Bertz CT molecular complexity index is 327. The number of hydrogen-bond acceptors (Lipinski definition) is 3. The molecule has 1 aliphatic carbocycles. The van der Waals surface area contributed by atoms with Gasteiger partial charge < -0.3 is 26.8 Å². The molecule has 2 unspecified atom stereocenters. The molecule has 0 saturated heterocycles. The molecule has 1 aliphatic rings. The van der Waals surface area contributed by atoms with Gasteiger partial charge in [-0.1, -0.05) is 25.7 Å². The van der Waals surface area contributed by atoms with Crippen LogP contribution < -0.4 is 0 Å². The van der Waals surface area contributed by atoms with Crippen LogP contribution in [0.2, 0.25) is 0 Å². The van der Waals surface area contributed by atoms with Crippen LogP contribution in [0, 0.1) is 5.92 Å². The van der Waals surface area contributed by atoms with E-state index in [4.69, 9.17) is 26.8 Å². The van der Waals surface area contributed by atoms with Crippen molar-refractivity contribution in [2.24, 2.45) is 5.92 Å². The zero-order chi connectivity index (χ0) is 15.7. The molecule has 0 aromatic rings.